The first-order valence-corrected chi connectivity index (χ1v) is 6.84. The minimum Gasteiger partial charge on any atom is -0.373 e. The fourth-order valence-electron chi connectivity index (χ4n) is 2.60. The number of aliphatic hydroxyl groups excluding tert-OH is 1. The Labute approximate surface area is 128 Å². The van der Waals surface area contributed by atoms with Gasteiger partial charge in [-0.2, -0.15) is 10.5 Å². The van der Waals surface area contributed by atoms with Crippen molar-refractivity contribution < 1.29 is 5.11 Å². The fourth-order valence-corrected chi connectivity index (χ4v) is 2.60. The van der Waals surface area contributed by atoms with Crippen LogP contribution in [0.15, 0.2) is 60.2 Å². The first-order valence-electron chi connectivity index (χ1n) is 6.84. The molecule has 3 aromatic carbocycles. The molecule has 0 saturated carbocycles. The molecule has 0 fully saturated rings. The van der Waals surface area contributed by atoms with E-state index in [1.54, 1.807) is 12.1 Å². The molecule has 3 aromatic rings. The Morgan fingerprint density at radius 2 is 1.50 bits per heavy atom. The summed E-state index contributed by atoms with van der Waals surface area (Å²) < 4.78 is 0. The van der Waals surface area contributed by atoms with Crippen LogP contribution in [0.1, 0.15) is 5.56 Å². The zero-order valence-corrected chi connectivity index (χ0v) is 11.7. The third-order valence-corrected chi connectivity index (χ3v) is 3.66. The third kappa shape index (κ3) is 2.31. The van der Waals surface area contributed by atoms with E-state index in [1.807, 2.05) is 54.6 Å². The highest BCUT2D eigenvalue weighted by atomic mass is 16.3. The number of fused-ring (bicyclic) bond motifs is 2. The fraction of sp³-hybridized carbons (Fsp3) is 0.0526. The van der Waals surface area contributed by atoms with Crippen LogP contribution in [0.25, 0.3) is 27.6 Å². The Hall–Kier alpha value is -3.14. The number of benzene rings is 3. The number of hydrogen-bond acceptors (Lipinski definition) is 3. The predicted octanol–water partition coefficient (Wildman–Crippen LogP) is 3.78. The Bertz CT molecular complexity index is 920. The molecule has 0 aliphatic heterocycles. The maximum Gasteiger partial charge on any atom is 0.175 e. The van der Waals surface area contributed by atoms with E-state index < -0.39 is 6.10 Å². The molecule has 1 unspecified atom stereocenters. The van der Waals surface area contributed by atoms with Gasteiger partial charge in [0.25, 0.3) is 0 Å². The van der Waals surface area contributed by atoms with Gasteiger partial charge >= 0.3 is 0 Å². The molecule has 3 nitrogen and oxygen atoms in total. The Kier molecular flexibility index (Phi) is 3.58. The number of nitriles is 2. The summed E-state index contributed by atoms with van der Waals surface area (Å²) in [7, 11) is 0. The Balaban J connectivity index is 2.41. The van der Waals surface area contributed by atoms with Gasteiger partial charge in [0.2, 0.25) is 0 Å². The van der Waals surface area contributed by atoms with Gasteiger partial charge in [0.05, 0.1) is 17.7 Å². The van der Waals surface area contributed by atoms with E-state index in [-0.39, 0.29) is 5.57 Å². The summed E-state index contributed by atoms with van der Waals surface area (Å²) in [5, 5.41) is 31.8. The maximum absolute atomic E-state index is 9.67. The quantitative estimate of drug-likeness (QED) is 0.442. The molecular formula is C19H12N2O. The lowest BCUT2D eigenvalue weighted by atomic mass is 9.95. The highest BCUT2D eigenvalue weighted by Gasteiger charge is 2.12. The average Bonchev–Trinajstić information content (AvgIpc) is 2.58. The van der Waals surface area contributed by atoms with Crippen LogP contribution in [-0.2, 0) is 0 Å². The molecular weight excluding hydrogens is 272 g/mol. The molecule has 0 bridgehead atoms. The standard InChI is InChI=1S/C19H12N2O/c20-11-15(19(22)12-21)10-18-16-7-3-1-5-13(16)9-14-6-2-4-8-17(14)18/h1-10,19,22H/b15-10-. The van der Waals surface area contributed by atoms with Crippen molar-refractivity contribution >= 4 is 27.6 Å². The van der Waals surface area contributed by atoms with E-state index in [9.17, 15) is 10.4 Å². The van der Waals surface area contributed by atoms with Gasteiger partial charge in [-0.05, 0) is 39.3 Å². The van der Waals surface area contributed by atoms with Gasteiger partial charge in [0.15, 0.2) is 6.10 Å². The maximum atomic E-state index is 9.67. The van der Waals surface area contributed by atoms with Crippen molar-refractivity contribution in [3.63, 3.8) is 0 Å². The predicted molar refractivity (Wildman–Crippen MR) is 86.7 cm³/mol. The summed E-state index contributed by atoms with van der Waals surface area (Å²) in [4.78, 5) is 0. The zero-order chi connectivity index (χ0) is 15.5. The van der Waals surface area contributed by atoms with Crippen LogP contribution in [0, 0.1) is 22.7 Å². The van der Waals surface area contributed by atoms with Crippen molar-refractivity contribution in [1.82, 2.24) is 0 Å². The molecule has 0 radical (unpaired) electrons. The molecule has 0 aliphatic rings. The molecule has 1 N–H and O–H groups in total. The largest absolute Gasteiger partial charge is 0.373 e. The molecule has 3 heteroatoms. The Morgan fingerprint density at radius 3 is 2.00 bits per heavy atom. The van der Waals surface area contributed by atoms with Gasteiger partial charge in [-0.3, -0.25) is 0 Å². The minimum atomic E-state index is -1.41. The molecule has 0 aliphatic carbocycles. The topological polar surface area (TPSA) is 67.8 Å². The third-order valence-electron chi connectivity index (χ3n) is 3.66. The highest BCUT2D eigenvalue weighted by Crippen LogP contribution is 2.30. The highest BCUT2D eigenvalue weighted by molar-refractivity contribution is 6.07. The first kappa shape index (κ1) is 13.8. The van der Waals surface area contributed by atoms with E-state index in [1.165, 1.54) is 0 Å². The monoisotopic (exact) mass is 284 g/mol. The van der Waals surface area contributed by atoms with E-state index in [4.69, 9.17) is 5.26 Å². The zero-order valence-electron chi connectivity index (χ0n) is 11.7. The van der Waals surface area contributed by atoms with E-state index in [0.29, 0.717) is 0 Å². The van der Waals surface area contributed by atoms with Gasteiger partial charge in [-0.25, -0.2) is 0 Å². The van der Waals surface area contributed by atoms with Crippen LogP contribution >= 0.6 is 0 Å². The smallest absolute Gasteiger partial charge is 0.175 e. The van der Waals surface area contributed by atoms with Crippen molar-refractivity contribution in [2.75, 3.05) is 0 Å². The van der Waals surface area contributed by atoms with Gasteiger partial charge in [-0.1, -0.05) is 48.5 Å². The molecule has 3 rings (SSSR count). The minimum absolute atomic E-state index is 0.0454. The second kappa shape index (κ2) is 5.69. The number of rotatable bonds is 2. The van der Waals surface area contributed by atoms with Crippen molar-refractivity contribution in [3.8, 4) is 12.1 Å². The van der Waals surface area contributed by atoms with Crippen LogP contribution in [0.5, 0.6) is 0 Å². The van der Waals surface area contributed by atoms with Crippen LogP contribution in [-0.4, -0.2) is 11.2 Å². The summed E-state index contributed by atoms with van der Waals surface area (Å²) >= 11 is 0. The lowest BCUT2D eigenvalue weighted by Gasteiger charge is -2.09. The van der Waals surface area contributed by atoms with Crippen molar-refractivity contribution in [2.45, 2.75) is 6.10 Å². The normalized spacial score (nSPS) is 12.8. The number of aliphatic hydroxyl groups is 1. The van der Waals surface area contributed by atoms with E-state index >= 15 is 0 Å². The molecule has 1 atom stereocenters. The van der Waals surface area contributed by atoms with Crippen LogP contribution in [0.3, 0.4) is 0 Å². The molecule has 22 heavy (non-hydrogen) atoms. The molecule has 0 spiro atoms. The van der Waals surface area contributed by atoms with Crippen LogP contribution in [0.2, 0.25) is 0 Å². The number of nitrogens with zero attached hydrogens (tertiary/aromatic N) is 2. The second-order valence-corrected chi connectivity index (χ2v) is 4.98. The van der Waals surface area contributed by atoms with E-state index in [0.717, 1.165) is 27.1 Å². The molecule has 0 heterocycles. The van der Waals surface area contributed by atoms with Crippen LogP contribution < -0.4 is 0 Å². The first-order chi connectivity index (χ1) is 10.7. The van der Waals surface area contributed by atoms with Crippen molar-refractivity contribution in [3.05, 3.63) is 65.7 Å². The summed E-state index contributed by atoms with van der Waals surface area (Å²) in [5.41, 5.74) is 0.892. The van der Waals surface area contributed by atoms with Gasteiger partial charge in [0, 0.05) is 0 Å². The van der Waals surface area contributed by atoms with Gasteiger partial charge < -0.3 is 5.11 Å². The molecule has 104 valence electrons. The molecule has 0 saturated heterocycles. The Morgan fingerprint density at radius 1 is 0.955 bits per heavy atom. The van der Waals surface area contributed by atoms with Crippen molar-refractivity contribution in [2.24, 2.45) is 0 Å². The van der Waals surface area contributed by atoms with Gasteiger partial charge in [-0.15, -0.1) is 0 Å². The van der Waals surface area contributed by atoms with E-state index in [2.05, 4.69) is 6.07 Å². The lowest BCUT2D eigenvalue weighted by Crippen LogP contribution is -2.05. The molecule has 0 aromatic heterocycles. The lowest BCUT2D eigenvalue weighted by molar-refractivity contribution is 0.271. The summed E-state index contributed by atoms with van der Waals surface area (Å²) in [6, 6.07) is 21.4. The summed E-state index contributed by atoms with van der Waals surface area (Å²) in [5.74, 6) is 0. The average molecular weight is 284 g/mol. The van der Waals surface area contributed by atoms with Crippen LogP contribution in [0.4, 0.5) is 0 Å². The SMILES string of the molecule is N#C/C(=C/c1c2ccccc2cc2ccccc12)C(O)C#N. The number of hydrogen-bond donors (Lipinski definition) is 1. The summed E-state index contributed by atoms with van der Waals surface area (Å²) in [6.07, 6.45) is 0.196. The van der Waals surface area contributed by atoms with Crippen molar-refractivity contribution in [1.29, 1.82) is 10.5 Å². The second-order valence-electron chi connectivity index (χ2n) is 4.98. The molecule has 0 amide bonds. The van der Waals surface area contributed by atoms with Gasteiger partial charge in [0.1, 0.15) is 0 Å². The summed E-state index contributed by atoms with van der Waals surface area (Å²) in [6.45, 7) is 0.